The summed E-state index contributed by atoms with van der Waals surface area (Å²) < 4.78 is 0. The van der Waals surface area contributed by atoms with Gasteiger partial charge in [-0.2, -0.15) is 0 Å². The Balaban J connectivity index is 2.03. The maximum absolute atomic E-state index is 12.1. The van der Waals surface area contributed by atoms with Gasteiger partial charge in [-0.05, 0) is 46.5 Å². The minimum absolute atomic E-state index is 0.0342. The lowest BCUT2D eigenvalue weighted by atomic mass is 10.0. The fraction of sp³-hybridized carbons (Fsp3) is 0.917. The molecule has 2 saturated heterocycles. The van der Waals surface area contributed by atoms with E-state index in [-0.39, 0.29) is 29.8 Å². The third-order valence-electron chi connectivity index (χ3n) is 3.42. The van der Waals surface area contributed by atoms with E-state index in [1.165, 1.54) is 0 Å². The summed E-state index contributed by atoms with van der Waals surface area (Å²) in [5.74, 6) is 0. The minimum Gasteiger partial charge on any atom is -0.393 e. The Hall–Kier alpha value is -0.770. The first-order valence-corrected chi connectivity index (χ1v) is 6.15. The summed E-state index contributed by atoms with van der Waals surface area (Å²) in [4.78, 5) is 14.1. The molecule has 2 fully saturated rings. The molecule has 2 aliphatic rings. The van der Waals surface area contributed by atoms with Crippen molar-refractivity contribution in [2.24, 2.45) is 0 Å². The number of piperidine rings is 1. The quantitative estimate of drug-likeness (QED) is 0.657. The van der Waals surface area contributed by atoms with Crippen molar-refractivity contribution in [3.05, 3.63) is 0 Å². The number of rotatable bonds is 0. The van der Waals surface area contributed by atoms with Crippen molar-refractivity contribution in [3.63, 3.8) is 0 Å². The second-order valence-corrected chi connectivity index (χ2v) is 6.10. The fourth-order valence-corrected chi connectivity index (χ4v) is 2.87. The van der Waals surface area contributed by atoms with Gasteiger partial charge >= 0.3 is 6.03 Å². The number of hydrogen-bond acceptors (Lipinski definition) is 2. The van der Waals surface area contributed by atoms with E-state index in [0.717, 1.165) is 25.7 Å². The Morgan fingerprint density at radius 1 is 1.25 bits per heavy atom. The van der Waals surface area contributed by atoms with Gasteiger partial charge in [-0.1, -0.05) is 0 Å². The van der Waals surface area contributed by atoms with E-state index in [2.05, 4.69) is 5.32 Å². The molecule has 2 amide bonds. The number of amides is 2. The fourth-order valence-electron chi connectivity index (χ4n) is 2.87. The van der Waals surface area contributed by atoms with Crippen molar-refractivity contribution in [3.8, 4) is 0 Å². The molecule has 4 heteroatoms. The predicted molar refractivity (Wildman–Crippen MR) is 62.2 cm³/mol. The molecule has 0 aromatic heterocycles. The number of fused-ring (bicyclic) bond motifs is 2. The molecule has 92 valence electrons. The highest BCUT2D eigenvalue weighted by Gasteiger charge is 2.43. The van der Waals surface area contributed by atoms with Crippen molar-refractivity contribution in [2.45, 2.75) is 70.2 Å². The first-order chi connectivity index (χ1) is 7.37. The maximum Gasteiger partial charge on any atom is 0.318 e. The molecule has 2 N–H and O–H groups in total. The molecular formula is C12H22N2O2. The smallest absolute Gasteiger partial charge is 0.318 e. The lowest BCUT2D eigenvalue weighted by Gasteiger charge is -2.38. The zero-order valence-corrected chi connectivity index (χ0v) is 10.4. The monoisotopic (exact) mass is 226 g/mol. The Kier molecular flexibility index (Phi) is 2.86. The van der Waals surface area contributed by atoms with E-state index in [9.17, 15) is 9.90 Å². The lowest BCUT2D eigenvalue weighted by Crippen LogP contribution is -2.55. The highest BCUT2D eigenvalue weighted by molar-refractivity contribution is 5.76. The molecular weight excluding hydrogens is 204 g/mol. The van der Waals surface area contributed by atoms with Gasteiger partial charge in [-0.3, -0.25) is 0 Å². The highest BCUT2D eigenvalue weighted by Crippen LogP contribution is 2.35. The van der Waals surface area contributed by atoms with Crippen LogP contribution in [0.25, 0.3) is 0 Å². The molecule has 0 aromatic rings. The molecule has 2 bridgehead atoms. The molecule has 0 aromatic carbocycles. The number of hydrogen-bond donors (Lipinski definition) is 2. The number of aliphatic hydroxyl groups excluding tert-OH is 1. The summed E-state index contributed by atoms with van der Waals surface area (Å²) in [7, 11) is 0. The Bertz CT molecular complexity index is 271. The average molecular weight is 226 g/mol. The van der Waals surface area contributed by atoms with Crippen LogP contribution in [0.2, 0.25) is 0 Å². The zero-order valence-electron chi connectivity index (χ0n) is 10.4. The van der Waals surface area contributed by atoms with Gasteiger partial charge in [0.2, 0.25) is 0 Å². The number of nitrogens with one attached hydrogen (secondary N) is 1. The van der Waals surface area contributed by atoms with Crippen LogP contribution in [0.3, 0.4) is 0 Å². The molecule has 16 heavy (non-hydrogen) atoms. The van der Waals surface area contributed by atoms with Crippen molar-refractivity contribution in [2.75, 3.05) is 0 Å². The van der Waals surface area contributed by atoms with Crippen LogP contribution in [0, 0.1) is 0 Å². The van der Waals surface area contributed by atoms with Gasteiger partial charge in [0, 0.05) is 17.6 Å². The molecule has 2 atom stereocenters. The second kappa shape index (κ2) is 3.91. The Morgan fingerprint density at radius 3 is 2.19 bits per heavy atom. The Labute approximate surface area is 97.0 Å². The predicted octanol–water partition coefficient (Wildman–Crippen LogP) is 1.48. The van der Waals surface area contributed by atoms with Crippen LogP contribution in [0.15, 0.2) is 0 Å². The van der Waals surface area contributed by atoms with E-state index in [0.29, 0.717) is 0 Å². The van der Waals surface area contributed by atoms with Gasteiger partial charge in [0.25, 0.3) is 0 Å². The first-order valence-electron chi connectivity index (χ1n) is 6.15. The highest BCUT2D eigenvalue weighted by atomic mass is 16.3. The van der Waals surface area contributed by atoms with Gasteiger partial charge in [-0.25, -0.2) is 4.79 Å². The number of nitrogens with zero attached hydrogens (tertiary/aromatic N) is 1. The van der Waals surface area contributed by atoms with Gasteiger partial charge in [-0.15, -0.1) is 0 Å². The van der Waals surface area contributed by atoms with Crippen molar-refractivity contribution in [1.29, 1.82) is 0 Å². The van der Waals surface area contributed by atoms with Gasteiger partial charge in [0.05, 0.1) is 6.10 Å². The average Bonchev–Trinajstić information content (AvgIpc) is 2.36. The molecule has 2 rings (SSSR count). The lowest BCUT2D eigenvalue weighted by molar-refractivity contribution is 0.0526. The summed E-state index contributed by atoms with van der Waals surface area (Å²) in [5.41, 5.74) is -0.188. The largest absolute Gasteiger partial charge is 0.393 e. The van der Waals surface area contributed by atoms with Gasteiger partial charge < -0.3 is 15.3 Å². The molecule has 2 aliphatic heterocycles. The van der Waals surface area contributed by atoms with E-state index in [1.54, 1.807) is 0 Å². The number of carbonyl (C=O) groups excluding carboxylic acids is 1. The van der Waals surface area contributed by atoms with Crippen LogP contribution < -0.4 is 5.32 Å². The standard InChI is InChI=1S/C12H22N2O2/c1-12(2,3)13-11(16)14-8-4-5-9(14)7-10(15)6-8/h8-10,15H,4-7H2,1-3H3,(H,13,16). The molecule has 0 radical (unpaired) electrons. The van der Waals surface area contributed by atoms with Crippen LogP contribution in [-0.4, -0.2) is 39.8 Å². The van der Waals surface area contributed by atoms with Crippen LogP contribution in [0.5, 0.6) is 0 Å². The van der Waals surface area contributed by atoms with E-state index in [4.69, 9.17) is 0 Å². The first kappa shape index (κ1) is 11.7. The summed E-state index contributed by atoms with van der Waals surface area (Å²) in [6.07, 6.45) is 3.36. The summed E-state index contributed by atoms with van der Waals surface area (Å²) in [6.45, 7) is 5.97. The zero-order chi connectivity index (χ0) is 11.9. The molecule has 2 heterocycles. The van der Waals surface area contributed by atoms with Crippen LogP contribution in [0.1, 0.15) is 46.5 Å². The van der Waals surface area contributed by atoms with E-state index >= 15 is 0 Å². The van der Waals surface area contributed by atoms with Gasteiger partial charge in [0.15, 0.2) is 0 Å². The third-order valence-corrected chi connectivity index (χ3v) is 3.42. The van der Waals surface area contributed by atoms with Crippen LogP contribution in [0.4, 0.5) is 4.79 Å². The number of urea groups is 1. The molecule has 0 spiro atoms. The molecule has 4 nitrogen and oxygen atoms in total. The third kappa shape index (κ3) is 2.32. The normalized spacial score (nSPS) is 34.0. The summed E-state index contributed by atoms with van der Waals surface area (Å²) in [6, 6.07) is 0.527. The van der Waals surface area contributed by atoms with Gasteiger partial charge in [0.1, 0.15) is 0 Å². The second-order valence-electron chi connectivity index (χ2n) is 6.10. The molecule has 2 unspecified atom stereocenters. The minimum atomic E-state index is -0.212. The number of carbonyl (C=O) groups is 1. The topological polar surface area (TPSA) is 52.6 Å². The van der Waals surface area contributed by atoms with Crippen LogP contribution >= 0.6 is 0 Å². The van der Waals surface area contributed by atoms with Crippen molar-refractivity contribution in [1.82, 2.24) is 10.2 Å². The number of aliphatic hydroxyl groups is 1. The van der Waals surface area contributed by atoms with Crippen molar-refractivity contribution >= 4 is 6.03 Å². The Morgan fingerprint density at radius 2 is 1.75 bits per heavy atom. The van der Waals surface area contributed by atoms with Crippen LogP contribution in [-0.2, 0) is 0 Å². The van der Waals surface area contributed by atoms with E-state index in [1.807, 2.05) is 25.7 Å². The SMILES string of the molecule is CC(C)(C)NC(=O)N1C2CCC1CC(O)C2. The van der Waals surface area contributed by atoms with E-state index < -0.39 is 0 Å². The molecule has 0 saturated carbocycles. The summed E-state index contributed by atoms with van der Waals surface area (Å²) >= 11 is 0. The summed E-state index contributed by atoms with van der Waals surface area (Å²) in [5, 5.41) is 12.7. The molecule has 0 aliphatic carbocycles. The maximum atomic E-state index is 12.1. The van der Waals surface area contributed by atoms with Crippen molar-refractivity contribution < 1.29 is 9.90 Å².